The number of carbonyl (C=O) groups excluding carboxylic acids is 2. The van der Waals surface area contributed by atoms with Crippen molar-refractivity contribution in [2.75, 3.05) is 6.61 Å². The lowest BCUT2D eigenvalue weighted by Crippen LogP contribution is -2.50. The summed E-state index contributed by atoms with van der Waals surface area (Å²) in [7, 11) is 0. The molecule has 21 heavy (non-hydrogen) atoms. The van der Waals surface area contributed by atoms with Crippen molar-refractivity contribution in [3.8, 4) is 0 Å². The van der Waals surface area contributed by atoms with Crippen LogP contribution in [0.4, 0.5) is 0 Å². The molecule has 0 saturated heterocycles. The number of carbonyl (C=O) groups is 2. The molecule has 112 valence electrons. The van der Waals surface area contributed by atoms with Gasteiger partial charge in [-0.15, -0.1) is 0 Å². The predicted molar refractivity (Wildman–Crippen MR) is 78.9 cm³/mol. The van der Waals surface area contributed by atoms with Crippen LogP contribution in [0.15, 0.2) is 41.7 Å². The fraction of sp³-hybridized carbons (Fsp3) is 0.412. The normalized spacial score (nSPS) is 28.9. The summed E-state index contributed by atoms with van der Waals surface area (Å²) in [5.74, 6) is -1.52. The maximum atomic E-state index is 12.5. The number of ether oxygens (including phenoxy) is 1. The van der Waals surface area contributed by atoms with E-state index in [9.17, 15) is 14.7 Å². The lowest BCUT2D eigenvalue weighted by Gasteiger charge is -2.39. The molecule has 1 aliphatic carbocycles. The first-order chi connectivity index (χ1) is 9.81. The van der Waals surface area contributed by atoms with Gasteiger partial charge in [0.25, 0.3) is 0 Å². The van der Waals surface area contributed by atoms with Crippen molar-refractivity contribution < 1.29 is 19.4 Å². The van der Waals surface area contributed by atoms with Crippen LogP contribution in [-0.2, 0) is 19.7 Å². The third-order valence-corrected chi connectivity index (χ3v) is 4.81. The van der Waals surface area contributed by atoms with Crippen molar-refractivity contribution >= 4 is 11.8 Å². The highest BCUT2D eigenvalue weighted by Gasteiger charge is 2.64. The van der Waals surface area contributed by atoms with Crippen LogP contribution in [0.2, 0.25) is 0 Å². The number of aliphatic hydroxyl groups is 1. The Kier molecular flexibility index (Phi) is 3.66. The number of benzene rings is 1. The minimum atomic E-state index is -1.46. The summed E-state index contributed by atoms with van der Waals surface area (Å²) in [6.45, 7) is 6.92. The maximum Gasteiger partial charge on any atom is 0.321 e. The molecule has 0 heterocycles. The molecular weight excluding hydrogens is 268 g/mol. The van der Waals surface area contributed by atoms with Crippen LogP contribution >= 0.6 is 0 Å². The van der Waals surface area contributed by atoms with E-state index in [-0.39, 0.29) is 12.4 Å². The van der Waals surface area contributed by atoms with E-state index in [2.05, 4.69) is 0 Å². The van der Waals surface area contributed by atoms with Crippen molar-refractivity contribution in [1.82, 2.24) is 0 Å². The van der Waals surface area contributed by atoms with E-state index in [0.29, 0.717) is 5.57 Å². The number of esters is 1. The Labute approximate surface area is 124 Å². The van der Waals surface area contributed by atoms with Crippen molar-refractivity contribution in [1.29, 1.82) is 0 Å². The zero-order chi connectivity index (χ0) is 15.8. The Morgan fingerprint density at radius 2 is 1.81 bits per heavy atom. The smallest absolute Gasteiger partial charge is 0.321 e. The molecule has 0 aliphatic heterocycles. The van der Waals surface area contributed by atoms with Crippen molar-refractivity contribution in [3.63, 3.8) is 0 Å². The summed E-state index contributed by atoms with van der Waals surface area (Å²) < 4.78 is 5.12. The van der Waals surface area contributed by atoms with E-state index in [1.54, 1.807) is 27.7 Å². The van der Waals surface area contributed by atoms with Crippen LogP contribution in [0.3, 0.4) is 0 Å². The molecular formula is C17H20O4. The Balaban J connectivity index is 2.70. The number of aliphatic hydroxyl groups excluding tert-OH is 1. The fourth-order valence-corrected chi connectivity index (χ4v) is 3.09. The summed E-state index contributed by atoms with van der Waals surface area (Å²) in [5.41, 5.74) is -1.09. The van der Waals surface area contributed by atoms with Crippen LogP contribution in [0, 0.1) is 5.41 Å². The highest BCUT2D eigenvalue weighted by Crippen LogP contribution is 2.54. The fourth-order valence-electron chi connectivity index (χ4n) is 3.09. The molecule has 0 unspecified atom stereocenters. The minimum absolute atomic E-state index is 0.187. The first-order valence-electron chi connectivity index (χ1n) is 6.99. The first kappa shape index (κ1) is 15.3. The third kappa shape index (κ3) is 1.82. The molecule has 0 radical (unpaired) electrons. The van der Waals surface area contributed by atoms with Gasteiger partial charge in [-0.3, -0.25) is 9.59 Å². The summed E-state index contributed by atoms with van der Waals surface area (Å²) in [6, 6.07) is 9.27. The molecule has 4 heteroatoms. The average Bonchev–Trinajstić information content (AvgIpc) is 2.63. The van der Waals surface area contributed by atoms with Gasteiger partial charge in [0.2, 0.25) is 5.78 Å². The summed E-state index contributed by atoms with van der Waals surface area (Å²) in [4.78, 5) is 25.0. The SMILES string of the molecule is CCOC(=O)[C@@]1(C)C(=O)C(O)=C(C)[C@]1(C)c1ccccc1. The second kappa shape index (κ2) is 5.02. The van der Waals surface area contributed by atoms with Crippen LogP contribution in [0.25, 0.3) is 0 Å². The van der Waals surface area contributed by atoms with Crippen LogP contribution in [0.1, 0.15) is 33.3 Å². The highest BCUT2D eigenvalue weighted by atomic mass is 16.5. The van der Waals surface area contributed by atoms with Crippen molar-refractivity contribution in [2.45, 2.75) is 33.1 Å². The molecule has 0 saturated carbocycles. The number of ketones is 1. The molecule has 2 rings (SSSR count). The molecule has 1 aromatic carbocycles. The van der Waals surface area contributed by atoms with Gasteiger partial charge in [0, 0.05) is 5.41 Å². The van der Waals surface area contributed by atoms with Gasteiger partial charge in [-0.25, -0.2) is 0 Å². The standard InChI is InChI=1S/C17H20O4/c1-5-21-15(20)17(4)14(19)13(18)11(2)16(17,3)12-9-7-6-8-10-12/h6-10,18H,5H2,1-4H3/t16-,17-/m1/s1. The Hall–Kier alpha value is -2.10. The number of hydrogen-bond donors (Lipinski definition) is 1. The van der Waals surface area contributed by atoms with E-state index in [0.717, 1.165) is 5.56 Å². The number of hydrogen-bond acceptors (Lipinski definition) is 4. The van der Waals surface area contributed by atoms with Gasteiger partial charge in [0.15, 0.2) is 5.76 Å². The van der Waals surface area contributed by atoms with E-state index < -0.39 is 22.6 Å². The second-order valence-corrected chi connectivity index (χ2v) is 5.64. The van der Waals surface area contributed by atoms with Gasteiger partial charge in [0.1, 0.15) is 5.41 Å². The lowest BCUT2D eigenvalue weighted by molar-refractivity contribution is -0.161. The molecule has 0 fully saturated rings. The van der Waals surface area contributed by atoms with Crippen molar-refractivity contribution in [3.05, 3.63) is 47.2 Å². The largest absolute Gasteiger partial charge is 0.504 e. The van der Waals surface area contributed by atoms with Crippen molar-refractivity contribution in [2.24, 2.45) is 5.41 Å². The van der Waals surface area contributed by atoms with Gasteiger partial charge < -0.3 is 9.84 Å². The molecule has 4 nitrogen and oxygen atoms in total. The average molecular weight is 288 g/mol. The summed E-state index contributed by atoms with van der Waals surface area (Å²) in [5, 5.41) is 10.1. The Morgan fingerprint density at radius 3 is 2.33 bits per heavy atom. The second-order valence-electron chi connectivity index (χ2n) is 5.64. The molecule has 1 N–H and O–H groups in total. The topological polar surface area (TPSA) is 63.6 Å². The van der Waals surface area contributed by atoms with Crippen LogP contribution in [-0.4, -0.2) is 23.5 Å². The molecule has 0 amide bonds. The predicted octanol–water partition coefficient (Wildman–Crippen LogP) is 2.93. The monoisotopic (exact) mass is 288 g/mol. The molecule has 0 aromatic heterocycles. The third-order valence-electron chi connectivity index (χ3n) is 4.81. The highest BCUT2D eigenvalue weighted by molar-refractivity contribution is 6.15. The van der Waals surface area contributed by atoms with E-state index in [1.807, 2.05) is 30.3 Å². The molecule has 0 bridgehead atoms. The molecule has 2 atom stereocenters. The number of Topliss-reactive ketones (excluding diaryl/α,β-unsaturated/α-hetero) is 1. The van der Waals surface area contributed by atoms with Gasteiger partial charge >= 0.3 is 5.97 Å². The summed E-state index contributed by atoms with van der Waals surface area (Å²) in [6.07, 6.45) is 0. The van der Waals surface area contributed by atoms with Crippen LogP contribution in [0.5, 0.6) is 0 Å². The minimum Gasteiger partial charge on any atom is -0.504 e. The van der Waals surface area contributed by atoms with E-state index in [1.165, 1.54) is 0 Å². The van der Waals surface area contributed by atoms with Gasteiger partial charge in [-0.1, -0.05) is 37.3 Å². The lowest BCUT2D eigenvalue weighted by atomic mass is 9.61. The molecule has 1 aliphatic rings. The zero-order valence-corrected chi connectivity index (χ0v) is 12.8. The quantitative estimate of drug-likeness (QED) is 0.686. The maximum absolute atomic E-state index is 12.5. The van der Waals surface area contributed by atoms with Gasteiger partial charge in [0.05, 0.1) is 6.61 Å². The Morgan fingerprint density at radius 1 is 1.24 bits per heavy atom. The molecule has 1 aromatic rings. The van der Waals surface area contributed by atoms with Crippen LogP contribution < -0.4 is 0 Å². The van der Waals surface area contributed by atoms with E-state index in [4.69, 9.17) is 4.74 Å². The number of allylic oxidation sites excluding steroid dienone is 2. The Bertz CT molecular complexity index is 617. The molecule has 0 spiro atoms. The summed E-state index contributed by atoms with van der Waals surface area (Å²) >= 11 is 0. The van der Waals surface area contributed by atoms with Gasteiger partial charge in [-0.05, 0) is 31.9 Å². The zero-order valence-electron chi connectivity index (χ0n) is 12.8. The number of rotatable bonds is 3. The van der Waals surface area contributed by atoms with E-state index >= 15 is 0 Å². The first-order valence-corrected chi connectivity index (χ1v) is 6.99. The van der Waals surface area contributed by atoms with Gasteiger partial charge in [-0.2, -0.15) is 0 Å².